The Kier molecular flexibility index (Phi) is 11.0. The largest absolute Gasteiger partial charge is 0.459 e. The van der Waals surface area contributed by atoms with E-state index < -0.39 is 70.8 Å². The lowest BCUT2D eigenvalue weighted by Crippen LogP contribution is -2.57. The van der Waals surface area contributed by atoms with Crippen molar-refractivity contribution in [3.8, 4) is 0 Å². The van der Waals surface area contributed by atoms with Crippen LogP contribution in [0.5, 0.6) is 0 Å². The fraction of sp³-hybridized carbons (Fsp3) is 0.618. The van der Waals surface area contributed by atoms with Gasteiger partial charge in [0.1, 0.15) is 41.5 Å². The topological polar surface area (TPSA) is 192 Å². The smallest absolute Gasteiger partial charge is 0.408 e. The molecule has 0 spiro atoms. The predicted molar refractivity (Wildman–Crippen MR) is 174 cm³/mol. The third-order valence-electron chi connectivity index (χ3n) is 9.06. The van der Waals surface area contributed by atoms with Gasteiger partial charge in [-0.1, -0.05) is 42.5 Å². The van der Waals surface area contributed by atoms with Crippen LogP contribution in [-0.4, -0.2) is 110 Å². The second-order valence-electron chi connectivity index (χ2n) is 14.1. The lowest BCUT2D eigenvalue weighted by atomic mass is 9.73. The van der Waals surface area contributed by atoms with Crippen molar-refractivity contribution in [3.05, 3.63) is 48.0 Å². The summed E-state index contributed by atoms with van der Waals surface area (Å²) in [7, 11) is 0. The minimum Gasteiger partial charge on any atom is -0.459 e. The summed E-state index contributed by atoms with van der Waals surface area (Å²) in [6, 6.07) is 4.50. The van der Waals surface area contributed by atoms with Crippen LogP contribution < -0.4 is 26.6 Å². The normalized spacial score (nSPS) is 33.9. The zero-order chi connectivity index (χ0) is 35.4. The Morgan fingerprint density at radius 2 is 1.43 bits per heavy atom. The van der Waals surface area contributed by atoms with Gasteiger partial charge in [-0.15, -0.1) is 0 Å². The molecule has 5 rings (SSSR count). The van der Waals surface area contributed by atoms with E-state index in [9.17, 15) is 24.0 Å². The summed E-state index contributed by atoms with van der Waals surface area (Å²) in [4.78, 5) is 65.6. The monoisotopic (exact) mass is 685 g/mol. The molecular weight excluding hydrogens is 638 g/mol. The van der Waals surface area contributed by atoms with Crippen molar-refractivity contribution in [1.29, 1.82) is 0 Å². The molecule has 2 bridgehead atoms. The summed E-state index contributed by atoms with van der Waals surface area (Å²) in [5.41, 5.74) is -1.71. The highest BCUT2D eigenvalue weighted by molar-refractivity contribution is 5.94. The fourth-order valence-electron chi connectivity index (χ4n) is 6.56. The molecule has 6 unspecified atom stereocenters. The van der Waals surface area contributed by atoms with Crippen molar-refractivity contribution >= 4 is 29.8 Å². The predicted octanol–water partition coefficient (Wildman–Crippen LogP) is 0.0773. The van der Waals surface area contributed by atoms with E-state index in [1.54, 1.807) is 20.8 Å². The van der Waals surface area contributed by atoms with Crippen LogP contribution in [0, 0.1) is 11.8 Å². The number of alkyl carbamates (subject to hydrolysis) is 1. The van der Waals surface area contributed by atoms with Gasteiger partial charge in [-0.05, 0) is 40.2 Å². The maximum absolute atomic E-state index is 13.4. The Hall–Kier alpha value is -4.05. The first-order valence-electron chi connectivity index (χ1n) is 16.6. The van der Waals surface area contributed by atoms with E-state index in [0.717, 1.165) is 5.56 Å². The molecule has 0 aliphatic carbocycles. The summed E-state index contributed by atoms with van der Waals surface area (Å²) < 4.78 is 29.8. The molecule has 5 N–H and O–H groups in total. The SMILES string of the molecule is C[C@@H]1NC(=O)[C@@H](C)NC(=O)C(NC(=O)OC(C)(C)C)COCC23C=CC(COCC(C(=O)OCc4ccccc4)NC1=O)(O2)C1CNCC13. The fourth-order valence-corrected chi connectivity index (χ4v) is 6.56. The lowest BCUT2D eigenvalue weighted by molar-refractivity contribution is -0.153. The molecule has 1 aromatic rings. The standard InChI is InChI=1S/C34H47N5O10/c1-20-27(40)36-21(2)28(41)38-26(30(43)47-15-22-9-7-6-8-10-22)17-46-19-34-12-11-33(49-34,23-13-35-14-24(23)34)18-45-16-25(29(42)37-20)39-31(44)48-32(3,4)5/h6-12,20-21,23-26,35H,13-19H2,1-5H3,(H,36,40)(H,37,42)(H,38,41)(H,39,44)/t20-,21+,23?,24?,25?,26?,33?,34?/m1/s1. The maximum atomic E-state index is 13.4. The molecular formula is C34H47N5O10. The number of esters is 1. The van der Waals surface area contributed by atoms with Crippen molar-refractivity contribution < 1.29 is 47.7 Å². The first-order chi connectivity index (χ1) is 23.2. The van der Waals surface area contributed by atoms with Crippen molar-refractivity contribution in [2.45, 2.75) is 82.2 Å². The van der Waals surface area contributed by atoms with Gasteiger partial charge in [0.05, 0.1) is 26.4 Å². The van der Waals surface area contributed by atoms with Crippen molar-refractivity contribution in [1.82, 2.24) is 26.6 Å². The van der Waals surface area contributed by atoms with E-state index in [0.29, 0.717) is 13.1 Å². The molecule has 4 amide bonds. The molecule has 3 fully saturated rings. The number of ether oxygens (including phenoxy) is 5. The van der Waals surface area contributed by atoms with Crippen LogP contribution in [0.1, 0.15) is 40.2 Å². The van der Waals surface area contributed by atoms with Gasteiger partial charge in [0.2, 0.25) is 17.7 Å². The minimum atomic E-state index is -1.22. The van der Waals surface area contributed by atoms with Crippen LogP contribution in [0.3, 0.4) is 0 Å². The van der Waals surface area contributed by atoms with Crippen LogP contribution in [-0.2, 0) is 49.5 Å². The molecule has 268 valence electrons. The first kappa shape index (κ1) is 36.2. The summed E-state index contributed by atoms with van der Waals surface area (Å²) in [6.07, 6.45) is 3.06. The highest BCUT2D eigenvalue weighted by Crippen LogP contribution is 2.55. The van der Waals surface area contributed by atoms with Crippen LogP contribution in [0.25, 0.3) is 0 Å². The van der Waals surface area contributed by atoms with E-state index in [2.05, 4.69) is 26.6 Å². The molecule has 0 radical (unpaired) electrons. The Morgan fingerprint density at radius 3 is 2.04 bits per heavy atom. The van der Waals surface area contributed by atoms with Gasteiger partial charge in [0, 0.05) is 24.9 Å². The molecule has 4 aliphatic heterocycles. The summed E-state index contributed by atoms with van der Waals surface area (Å²) in [6.45, 7) is 9.00. The molecule has 1 aromatic carbocycles. The average molecular weight is 686 g/mol. The number of hydrogen-bond acceptors (Lipinski definition) is 11. The number of hydrogen-bond donors (Lipinski definition) is 5. The molecule has 0 aromatic heterocycles. The van der Waals surface area contributed by atoms with Crippen molar-refractivity contribution in [2.24, 2.45) is 11.8 Å². The van der Waals surface area contributed by atoms with Gasteiger partial charge >= 0.3 is 12.1 Å². The molecule has 4 heterocycles. The maximum Gasteiger partial charge on any atom is 0.408 e. The van der Waals surface area contributed by atoms with E-state index in [4.69, 9.17) is 23.7 Å². The van der Waals surface area contributed by atoms with Crippen LogP contribution in [0.15, 0.2) is 42.5 Å². The van der Waals surface area contributed by atoms with Gasteiger partial charge in [-0.2, -0.15) is 0 Å². The van der Waals surface area contributed by atoms with Crippen LogP contribution >= 0.6 is 0 Å². The number of rotatable bonds is 4. The number of carbonyl (C=O) groups is 5. The molecule has 3 saturated heterocycles. The second-order valence-corrected chi connectivity index (χ2v) is 14.1. The van der Waals surface area contributed by atoms with Crippen LogP contribution in [0.4, 0.5) is 4.79 Å². The van der Waals surface area contributed by atoms with Gasteiger partial charge < -0.3 is 50.3 Å². The Labute approximate surface area is 285 Å². The third kappa shape index (κ3) is 8.58. The number of amides is 4. The van der Waals surface area contributed by atoms with E-state index in [-0.39, 0.29) is 44.9 Å². The van der Waals surface area contributed by atoms with E-state index in [1.165, 1.54) is 13.8 Å². The quantitative estimate of drug-likeness (QED) is 0.213. The Morgan fingerprint density at radius 1 is 0.857 bits per heavy atom. The number of benzene rings is 1. The first-order valence-corrected chi connectivity index (χ1v) is 16.6. The highest BCUT2D eigenvalue weighted by atomic mass is 16.6. The van der Waals surface area contributed by atoms with Gasteiger partial charge in [0.15, 0.2) is 6.04 Å². The Bertz CT molecular complexity index is 1430. The number of carbonyl (C=O) groups excluding carboxylic acids is 5. The zero-order valence-corrected chi connectivity index (χ0v) is 28.5. The molecule has 0 saturated carbocycles. The zero-order valence-electron chi connectivity index (χ0n) is 28.5. The number of nitrogens with one attached hydrogen (secondary N) is 5. The van der Waals surface area contributed by atoms with E-state index in [1.807, 2.05) is 42.5 Å². The molecule has 15 heteroatoms. The summed E-state index contributed by atoms with van der Waals surface area (Å²) in [5, 5.41) is 13.7. The van der Waals surface area contributed by atoms with Crippen molar-refractivity contribution in [3.63, 3.8) is 0 Å². The van der Waals surface area contributed by atoms with Gasteiger partial charge in [-0.3, -0.25) is 14.4 Å². The van der Waals surface area contributed by atoms with Gasteiger partial charge in [0.25, 0.3) is 0 Å². The summed E-state index contributed by atoms with van der Waals surface area (Å²) in [5.74, 6) is -2.69. The second kappa shape index (κ2) is 14.8. The summed E-state index contributed by atoms with van der Waals surface area (Å²) >= 11 is 0. The lowest BCUT2D eigenvalue weighted by Gasteiger charge is -2.30. The van der Waals surface area contributed by atoms with Crippen molar-refractivity contribution in [2.75, 3.05) is 39.5 Å². The molecule has 4 aliphatic rings. The Balaban J connectivity index is 1.36. The number of fused-ring (bicyclic) bond motifs is 1. The molecule has 49 heavy (non-hydrogen) atoms. The highest BCUT2D eigenvalue weighted by Gasteiger charge is 2.65. The average Bonchev–Trinajstić information content (AvgIpc) is 3.75. The van der Waals surface area contributed by atoms with Crippen LogP contribution in [0.2, 0.25) is 0 Å². The third-order valence-corrected chi connectivity index (χ3v) is 9.06. The molecule has 15 nitrogen and oxygen atoms in total. The molecule has 8 atom stereocenters. The van der Waals surface area contributed by atoms with Gasteiger partial charge in [-0.25, -0.2) is 9.59 Å². The van der Waals surface area contributed by atoms with E-state index >= 15 is 0 Å². The minimum absolute atomic E-state index is 0.00689.